The fourth-order valence-corrected chi connectivity index (χ4v) is 2.26. The Balaban J connectivity index is 2.04. The summed E-state index contributed by atoms with van der Waals surface area (Å²) >= 11 is 0. The Hall–Kier alpha value is -1.40. The molecule has 0 bridgehead atoms. The van der Waals surface area contributed by atoms with Crippen LogP contribution < -0.4 is 9.64 Å². The summed E-state index contributed by atoms with van der Waals surface area (Å²) in [5.74, 6) is 1.80. The van der Waals surface area contributed by atoms with E-state index in [1.165, 1.54) is 0 Å². The van der Waals surface area contributed by atoms with Crippen molar-refractivity contribution in [3.8, 4) is 5.88 Å². The predicted molar refractivity (Wildman–Crippen MR) is 71.4 cm³/mol. The van der Waals surface area contributed by atoms with E-state index in [-0.39, 0.29) is 19.3 Å². The molecular weight excluding hydrogens is 246 g/mol. The van der Waals surface area contributed by atoms with Gasteiger partial charge in [-0.2, -0.15) is 4.98 Å². The van der Waals surface area contributed by atoms with Gasteiger partial charge in [0, 0.05) is 20.2 Å². The number of anilines is 1. The van der Waals surface area contributed by atoms with Crippen LogP contribution in [0.15, 0.2) is 12.4 Å². The number of methoxy groups -OCH3 is 1. The van der Waals surface area contributed by atoms with Crippen LogP contribution in [0.1, 0.15) is 13.3 Å². The Morgan fingerprint density at radius 1 is 1.47 bits per heavy atom. The third-order valence-electron chi connectivity index (χ3n) is 3.46. The molecule has 106 valence electrons. The summed E-state index contributed by atoms with van der Waals surface area (Å²) in [4.78, 5) is 10.7. The highest BCUT2D eigenvalue weighted by Gasteiger charge is 2.27. The van der Waals surface area contributed by atoms with Gasteiger partial charge in [0.1, 0.15) is 6.61 Å². The number of aromatic nitrogens is 2. The minimum Gasteiger partial charge on any atom is -0.474 e. The molecule has 6 nitrogen and oxygen atoms in total. The Morgan fingerprint density at radius 2 is 2.32 bits per heavy atom. The average Bonchev–Trinajstić information content (AvgIpc) is 2.46. The molecule has 0 spiro atoms. The molecule has 19 heavy (non-hydrogen) atoms. The first-order chi connectivity index (χ1) is 9.24. The molecule has 0 aliphatic carbocycles. The maximum atomic E-state index is 8.74. The summed E-state index contributed by atoms with van der Waals surface area (Å²) in [6.45, 7) is 4.17. The molecule has 0 amide bonds. The number of aliphatic hydroxyl groups excluding tert-OH is 1. The summed E-state index contributed by atoms with van der Waals surface area (Å²) < 4.78 is 10.8. The molecule has 1 N–H and O–H groups in total. The van der Waals surface area contributed by atoms with Crippen LogP contribution in [0.25, 0.3) is 0 Å². The van der Waals surface area contributed by atoms with Crippen molar-refractivity contribution in [3.63, 3.8) is 0 Å². The largest absolute Gasteiger partial charge is 0.474 e. The van der Waals surface area contributed by atoms with Crippen LogP contribution >= 0.6 is 0 Å². The number of aliphatic hydroxyl groups is 1. The van der Waals surface area contributed by atoms with Gasteiger partial charge in [-0.25, -0.2) is 0 Å². The molecule has 2 atom stereocenters. The van der Waals surface area contributed by atoms with Crippen LogP contribution in [0.2, 0.25) is 0 Å². The van der Waals surface area contributed by atoms with Gasteiger partial charge in [-0.15, -0.1) is 0 Å². The van der Waals surface area contributed by atoms with Gasteiger partial charge >= 0.3 is 0 Å². The molecule has 2 rings (SSSR count). The number of hydrogen-bond donors (Lipinski definition) is 1. The zero-order chi connectivity index (χ0) is 13.7. The van der Waals surface area contributed by atoms with E-state index < -0.39 is 0 Å². The molecule has 6 heteroatoms. The van der Waals surface area contributed by atoms with Crippen LogP contribution in [-0.2, 0) is 4.74 Å². The van der Waals surface area contributed by atoms with E-state index in [0.717, 1.165) is 25.3 Å². The second-order valence-electron chi connectivity index (χ2n) is 4.77. The maximum Gasteiger partial charge on any atom is 0.234 e. The summed E-state index contributed by atoms with van der Waals surface area (Å²) in [6.07, 6.45) is 4.58. The number of rotatable bonds is 5. The smallest absolute Gasteiger partial charge is 0.234 e. The molecule has 2 unspecified atom stereocenters. The monoisotopic (exact) mass is 267 g/mol. The van der Waals surface area contributed by atoms with Crippen molar-refractivity contribution in [2.24, 2.45) is 5.92 Å². The van der Waals surface area contributed by atoms with Crippen LogP contribution in [0.5, 0.6) is 5.88 Å². The van der Waals surface area contributed by atoms with Crippen molar-refractivity contribution >= 4 is 5.82 Å². The second kappa shape index (κ2) is 6.68. The molecule has 1 fully saturated rings. The molecular formula is C13H21N3O3. The standard InChI is InChI=1S/C13H21N3O3/c1-10-3-4-16(9-11(10)18-2)12-7-14-8-13(15-12)19-6-5-17/h7-8,10-11,17H,3-6,9H2,1-2H3. The molecule has 0 saturated carbocycles. The first kappa shape index (κ1) is 14.0. The van der Waals surface area contributed by atoms with Gasteiger partial charge in [0.05, 0.1) is 25.1 Å². The van der Waals surface area contributed by atoms with E-state index in [1.807, 2.05) is 0 Å². The minimum atomic E-state index is -0.0289. The SMILES string of the molecule is COC1CN(c2cncc(OCCO)n2)CCC1C. The summed E-state index contributed by atoms with van der Waals surface area (Å²) in [7, 11) is 1.75. The first-order valence-electron chi connectivity index (χ1n) is 6.58. The lowest BCUT2D eigenvalue weighted by Crippen LogP contribution is -2.44. The zero-order valence-electron chi connectivity index (χ0n) is 11.5. The Bertz CT molecular complexity index is 402. The number of ether oxygens (including phenoxy) is 2. The van der Waals surface area contributed by atoms with Crippen molar-refractivity contribution in [3.05, 3.63) is 12.4 Å². The third-order valence-corrected chi connectivity index (χ3v) is 3.46. The third kappa shape index (κ3) is 3.54. The van der Waals surface area contributed by atoms with Crippen LogP contribution in [0.3, 0.4) is 0 Å². The van der Waals surface area contributed by atoms with Gasteiger partial charge in [0.15, 0.2) is 5.82 Å². The first-order valence-corrected chi connectivity index (χ1v) is 6.58. The zero-order valence-corrected chi connectivity index (χ0v) is 11.5. The quantitative estimate of drug-likeness (QED) is 0.847. The van der Waals surface area contributed by atoms with Crippen molar-refractivity contribution in [1.29, 1.82) is 0 Å². The summed E-state index contributed by atoms with van der Waals surface area (Å²) in [5, 5.41) is 8.74. The van der Waals surface area contributed by atoms with Crippen molar-refractivity contribution in [2.75, 3.05) is 38.3 Å². The fourth-order valence-electron chi connectivity index (χ4n) is 2.26. The van der Waals surface area contributed by atoms with E-state index in [0.29, 0.717) is 11.8 Å². The lowest BCUT2D eigenvalue weighted by molar-refractivity contribution is 0.0496. The van der Waals surface area contributed by atoms with Crippen LogP contribution in [0.4, 0.5) is 5.82 Å². The van der Waals surface area contributed by atoms with Crippen molar-refractivity contribution < 1.29 is 14.6 Å². The maximum absolute atomic E-state index is 8.74. The van der Waals surface area contributed by atoms with Gasteiger partial charge in [-0.1, -0.05) is 6.92 Å². The van der Waals surface area contributed by atoms with E-state index in [4.69, 9.17) is 14.6 Å². The highest BCUT2D eigenvalue weighted by molar-refractivity contribution is 5.38. The van der Waals surface area contributed by atoms with Crippen molar-refractivity contribution in [1.82, 2.24) is 9.97 Å². The average molecular weight is 267 g/mol. The Morgan fingerprint density at radius 3 is 3.05 bits per heavy atom. The Labute approximate surface area is 113 Å². The second-order valence-corrected chi connectivity index (χ2v) is 4.77. The van der Waals surface area contributed by atoms with Crippen LogP contribution in [0, 0.1) is 5.92 Å². The molecule has 2 heterocycles. The van der Waals surface area contributed by atoms with Gasteiger partial charge in [-0.3, -0.25) is 4.98 Å². The molecule has 0 aromatic carbocycles. The van der Waals surface area contributed by atoms with Crippen LogP contribution in [-0.4, -0.2) is 54.6 Å². The summed E-state index contributed by atoms with van der Waals surface area (Å²) in [6, 6.07) is 0. The van der Waals surface area contributed by atoms with Gasteiger partial charge in [0.25, 0.3) is 0 Å². The number of piperidine rings is 1. The minimum absolute atomic E-state index is 0.0289. The molecule has 1 aromatic heterocycles. The topological polar surface area (TPSA) is 67.7 Å². The highest BCUT2D eigenvalue weighted by atomic mass is 16.5. The molecule has 1 aromatic rings. The Kier molecular flexibility index (Phi) is 4.93. The molecule has 0 radical (unpaired) electrons. The van der Waals surface area contributed by atoms with E-state index in [9.17, 15) is 0 Å². The van der Waals surface area contributed by atoms with E-state index in [2.05, 4.69) is 21.8 Å². The molecule has 1 aliphatic rings. The lowest BCUT2D eigenvalue weighted by atomic mass is 9.96. The van der Waals surface area contributed by atoms with Gasteiger partial charge in [-0.05, 0) is 12.3 Å². The van der Waals surface area contributed by atoms with Crippen molar-refractivity contribution in [2.45, 2.75) is 19.4 Å². The molecule has 1 saturated heterocycles. The lowest BCUT2D eigenvalue weighted by Gasteiger charge is -2.36. The summed E-state index contributed by atoms with van der Waals surface area (Å²) in [5.41, 5.74) is 0. The van der Waals surface area contributed by atoms with E-state index >= 15 is 0 Å². The van der Waals surface area contributed by atoms with E-state index in [1.54, 1.807) is 19.5 Å². The normalized spacial score (nSPS) is 23.4. The number of hydrogen-bond acceptors (Lipinski definition) is 6. The number of nitrogens with zero attached hydrogens (tertiary/aromatic N) is 3. The fraction of sp³-hybridized carbons (Fsp3) is 0.692. The predicted octanol–water partition coefficient (Wildman–Crippen LogP) is 0.709. The van der Waals surface area contributed by atoms with Gasteiger partial charge < -0.3 is 19.5 Å². The molecule has 1 aliphatic heterocycles. The highest BCUT2D eigenvalue weighted by Crippen LogP contribution is 2.24. The van der Waals surface area contributed by atoms with Gasteiger partial charge in [0.2, 0.25) is 5.88 Å².